The number of benzene rings is 9. The number of para-hydroxylation sites is 1. The molecule has 0 radical (unpaired) electrons. The molecule has 248 valence electrons. The zero-order valence-corrected chi connectivity index (χ0v) is 28.7. The normalized spacial score (nSPS) is 11.8. The van der Waals surface area contributed by atoms with E-state index in [-0.39, 0.29) is 0 Å². The summed E-state index contributed by atoms with van der Waals surface area (Å²) in [6.45, 7) is 0. The Labute approximate surface area is 305 Å². The van der Waals surface area contributed by atoms with Gasteiger partial charge in [0.2, 0.25) is 0 Å². The minimum absolute atomic E-state index is 0.853. The topological polar surface area (TPSA) is 29.5 Å². The van der Waals surface area contributed by atoms with Gasteiger partial charge in [-0.3, -0.25) is 0 Å². The smallest absolute Gasteiger partial charge is 0.143 e. The molecular formula is C50H31NO2. The highest BCUT2D eigenvalue weighted by Crippen LogP contribution is 2.47. The van der Waals surface area contributed by atoms with Crippen molar-refractivity contribution in [1.29, 1.82) is 0 Å². The first-order chi connectivity index (χ1) is 26.3. The van der Waals surface area contributed by atoms with E-state index in [0.29, 0.717) is 0 Å². The van der Waals surface area contributed by atoms with Gasteiger partial charge < -0.3 is 13.7 Å². The van der Waals surface area contributed by atoms with E-state index < -0.39 is 0 Å². The van der Waals surface area contributed by atoms with Gasteiger partial charge >= 0.3 is 0 Å². The van der Waals surface area contributed by atoms with Crippen molar-refractivity contribution < 1.29 is 8.83 Å². The summed E-state index contributed by atoms with van der Waals surface area (Å²) in [6, 6.07) is 66.7. The molecule has 2 heterocycles. The predicted molar refractivity (Wildman–Crippen MR) is 222 cm³/mol. The van der Waals surface area contributed by atoms with Crippen LogP contribution in [0.25, 0.3) is 87.7 Å². The molecular weight excluding hydrogens is 647 g/mol. The monoisotopic (exact) mass is 677 g/mol. The predicted octanol–water partition coefficient (Wildman–Crippen LogP) is 14.6. The Hall–Kier alpha value is -7.10. The van der Waals surface area contributed by atoms with Crippen LogP contribution in [0.5, 0.6) is 0 Å². The largest absolute Gasteiger partial charge is 0.456 e. The molecule has 0 aliphatic heterocycles. The van der Waals surface area contributed by atoms with Crippen LogP contribution < -0.4 is 4.90 Å². The minimum Gasteiger partial charge on any atom is -0.456 e. The lowest BCUT2D eigenvalue weighted by molar-refractivity contribution is 0.669. The SMILES string of the molecule is c1ccc2c(-c3ccc(-c4ccc(N(c5cccc6oc7ccccc7c56)c5cccc6oc7c8ccccc8ccc7c56)cc4)cc3)cccc2c1. The standard InChI is InChI=1S/C50H31NO2/c1-3-13-38-34(10-1)12-7-16-39(38)36-24-22-32(23-25-36)33-26-29-37(30-27-33)51(43-17-8-20-46-48(43)41-15-5-6-19-45(41)52-46)44-18-9-21-47-49(44)42-31-28-35-11-2-4-14-40(35)50(42)53-47/h1-31H. The van der Waals surface area contributed by atoms with E-state index in [1.165, 1.54) is 27.5 Å². The second kappa shape index (κ2) is 11.7. The molecule has 3 nitrogen and oxygen atoms in total. The average molecular weight is 678 g/mol. The third kappa shape index (κ3) is 4.68. The number of hydrogen-bond acceptors (Lipinski definition) is 3. The number of fused-ring (bicyclic) bond motifs is 9. The van der Waals surface area contributed by atoms with Crippen molar-refractivity contribution in [2.75, 3.05) is 4.90 Å². The molecule has 0 aliphatic rings. The Morgan fingerprint density at radius 1 is 0.321 bits per heavy atom. The molecule has 0 saturated carbocycles. The lowest BCUT2D eigenvalue weighted by atomic mass is 9.96. The first-order valence-corrected chi connectivity index (χ1v) is 18.0. The van der Waals surface area contributed by atoms with E-state index in [0.717, 1.165) is 77.3 Å². The lowest BCUT2D eigenvalue weighted by Gasteiger charge is -2.27. The molecule has 0 bridgehead atoms. The number of anilines is 3. The summed E-state index contributed by atoms with van der Waals surface area (Å²) < 4.78 is 13.1. The summed E-state index contributed by atoms with van der Waals surface area (Å²) in [6.07, 6.45) is 0. The van der Waals surface area contributed by atoms with Crippen LogP contribution in [0.4, 0.5) is 17.1 Å². The molecule has 0 aliphatic carbocycles. The first kappa shape index (κ1) is 29.6. The highest BCUT2D eigenvalue weighted by molar-refractivity contribution is 6.21. The van der Waals surface area contributed by atoms with Gasteiger partial charge in [-0.1, -0.05) is 140 Å². The molecule has 11 rings (SSSR count). The van der Waals surface area contributed by atoms with Crippen LogP contribution in [0.2, 0.25) is 0 Å². The van der Waals surface area contributed by atoms with Crippen LogP contribution in [0.1, 0.15) is 0 Å². The van der Waals surface area contributed by atoms with Gasteiger partial charge in [0.05, 0.1) is 22.1 Å². The summed E-state index contributed by atoms with van der Waals surface area (Å²) in [7, 11) is 0. The fourth-order valence-corrected chi connectivity index (χ4v) is 8.19. The highest BCUT2D eigenvalue weighted by atomic mass is 16.3. The van der Waals surface area contributed by atoms with Crippen LogP contribution >= 0.6 is 0 Å². The fraction of sp³-hybridized carbons (Fsp3) is 0. The van der Waals surface area contributed by atoms with Gasteiger partial charge in [0.15, 0.2) is 0 Å². The number of rotatable bonds is 5. The van der Waals surface area contributed by atoms with Crippen molar-refractivity contribution in [3.63, 3.8) is 0 Å². The van der Waals surface area contributed by atoms with Crippen molar-refractivity contribution in [3.05, 3.63) is 188 Å². The molecule has 0 saturated heterocycles. The second-order valence-electron chi connectivity index (χ2n) is 13.7. The van der Waals surface area contributed by atoms with Crippen LogP contribution in [-0.2, 0) is 0 Å². The van der Waals surface area contributed by atoms with E-state index >= 15 is 0 Å². The molecule has 3 heteroatoms. The Morgan fingerprint density at radius 2 is 0.849 bits per heavy atom. The molecule has 0 fully saturated rings. The minimum atomic E-state index is 0.853. The molecule has 53 heavy (non-hydrogen) atoms. The molecule has 9 aromatic carbocycles. The molecule has 2 aromatic heterocycles. The maximum atomic E-state index is 6.67. The van der Waals surface area contributed by atoms with E-state index in [9.17, 15) is 0 Å². The van der Waals surface area contributed by atoms with E-state index in [2.05, 4.69) is 181 Å². The van der Waals surface area contributed by atoms with Gasteiger partial charge in [-0.25, -0.2) is 0 Å². The number of furan rings is 2. The van der Waals surface area contributed by atoms with Crippen LogP contribution in [0, 0.1) is 0 Å². The third-order valence-corrected chi connectivity index (χ3v) is 10.7. The van der Waals surface area contributed by atoms with Gasteiger partial charge in [-0.15, -0.1) is 0 Å². The third-order valence-electron chi connectivity index (χ3n) is 10.7. The van der Waals surface area contributed by atoms with Crippen LogP contribution in [-0.4, -0.2) is 0 Å². The van der Waals surface area contributed by atoms with Gasteiger partial charge in [0.1, 0.15) is 22.3 Å². The molecule has 11 aromatic rings. The molecule has 0 N–H and O–H groups in total. The Kier molecular flexibility index (Phi) is 6.55. The van der Waals surface area contributed by atoms with Gasteiger partial charge in [-0.2, -0.15) is 0 Å². The van der Waals surface area contributed by atoms with Gasteiger partial charge in [0.25, 0.3) is 0 Å². The average Bonchev–Trinajstić information content (AvgIpc) is 3.81. The van der Waals surface area contributed by atoms with Crippen molar-refractivity contribution in [2.45, 2.75) is 0 Å². The molecule has 0 unspecified atom stereocenters. The summed E-state index contributed by atoms with van der Waals surface area (Å²) in [4.78, 5) is 2.37. The fourth-order valence-electron chi connectivity index (χ4n) is 8.19. The van der Waals surface area contributed by atoms with E-state index in [1.807, 2.05) is 12.1 Å². The summed E-state index contributed by atoms with van der Waals surface area (Å²) >= 11 is 0. The first-order valence-electron chi connectivity index (χ1n) is 18.0. The van der Waals surface area contributed by atoms with Crippen molar-refractivity contribution in [1.82, 2.24) is 0 Å². The Balaban J connectivity index is 1.08. The lowest BCUT2D eigenvalue weighted by Crippen LogP contribution is -2.10. The van der Waals surface area contributed by atoms with Crippen molar-refractivity contribution >= 4 is 82.5 Å². The highest BCUT2D eigenvalue weighted by Gasteiger charge is 2.23. The summed E-state index contributed by atoms with van der Waals surface area (Å²) in [5, 5.41) is 9.11. The van der Waals surface area contributed by atoms with Crippen LogP contribution in [0.3, 0.4) is 0 Å². The van der Waals surface area contributed by atoms with Crippen molar-refractivity contribution in [2.24, 2.45) is 0 Å². The maximum absolute atomic E-state index is 6.67. The summed E-state index contributed by atoms with van der Waals surface area (Å²) in [5.74, 6) is 0. The second-order valence-corrected chi connectivity index (χ2v) is 13.7. The van der Waals surface area contributed by atoms with E-state index in [4.69, 9.17) is 8.83 Å². The maximum Gasteiger partial charge on any atom is 0.143 e. The number of nitrogens with zero attached hydrogens (tertiary/aromatic N) is 1. The number of hydrogen-bond donors (Lipinski definition) is 0. The van der Waals surface area contributed by atoms with Gasteiger partial charge in [0, 0.05) is 21.8 Å². The van der Waals surface area contributed by atoms with Crippen molar-refractivity contribution in [3.8, 4) is 22.3 Å². The van der Waals surface area contributed by atoms with Gasteiger partial charge in [-0.05, 0) is 86.9 Å². The van der Waals surface area contributed by atoms with Crippen LogP contribution in [0.15, 0.2) is 197 Å². The zero-order chi connectivity index (χ0) is 34.9. The quantitative estimate of drug-likeness (QED) is 0.182. The molecule has 0 spiro atoms. The molecule has 0 atom stereocenters. The Morgan fingerprint density at radius 3 is 1.60 bits per heavy atom. The summed E-state index contributed by atoms with van der Waals surface area (Å²) in [5.41, 5.74) is 11.4. The van der Waals surface area contributed by atoms with E-state index in [1.54, 1.807) is 0 Å². The molecule has 0 amide bonds. The Bertz CT molecular complexity index is 3160. The zero-order valence-electron chi connectivity index (χ0n) is 28.7.